The fraction of sp³-hybridized carbons (Fsp3) is 0.250. The molecule has 2 N–H and O–H groups in total. The predicted molar refractivity (Wildman–Crippen MR) is 96.0 cm³/mol. The molecule has 0 aliphatic rings. The van der Waals surface area contributed by atoms with Crippen LogP contribution in [0.25, 0.3) is 0 Å². The number of benzene rings is 1. The normalized spacial score (nSPS) is 10.2. The number of carbonyl (C=O) groups excluding carboxylic acids is 3. The molecule has 138 valence electrons. The number of hydrogen-bond donors (Lipinski definition) is 2. The summed E-state index contributed by atoms with van der Waals surface area (Å²) in [4.78, 5) is 46.4. The molecule has 8 nitrogen and oxygen atoms in total. The molecule has 0 radical (unpaired) electrons. The zero-order valence-electron chi connectivity index (χ0n) is 13.8. The van der Waals surface area contributed by atoms with Crippen LogP contribution in [0.5, 0.6) is 0 Å². The van der Waals surface area contributed by atoms with Gasteiger partial charge in [0.05, 0.1) is 6.42 Å². The van der Waals surface area contributed by atoms with Crippen molar-refractivity contribution in [3.8, 4) is 0 Å². The second-order valence-electron chi connectivity index (χ2n) is 5.21. The molecule has 2 amide bonds. The fourth-order valence-corrected chi connectivity index (χ4v) is 2.82. The van der Waals surface area contributed by atoms with Crippen LogP contribution >= 0.6 is 22.9 Å². The summed E-state index contributed by atoms with van der Waals surface area (Å²) in [5, 5.41) is 2.18. The Morgan fingerprint density at radius 1 is 1.19 bits per heavy atom. The molecule has 1 heterocycles. The summed E-state index contributed by atoms with van der Waals surface area (Å²) in [6.45, 7) is 1.40. The van der Waals surface area contributed by atoms with Gasteiger partial charge in [-0.3, -0.25) is 30.0 Å². The standard InChI is InChI=1S/C16H16ClN3O5S/c1-10-9-26-16(24)20(10)7-6-14(22)25-8-13(21)18-19-15(23)11-2-4-12(17)5-3-11/h2-5,9H,6-8H2,1H3,(H,18,21)(H,19,23). The Bertz CT molecular complexity index is 860. The SMILES string of the molecule is Cc1csc(=O)n1CCC(=O)OCC(=O)NNC(=O)c1ccc(Cl)cc1. The van der Waals surface area contributed by atoms with Crippen LogP contribution in [-0.2, 0) is 20.9 Å². The molecule has 0 aliphatic heterocycles. The molecule has 1 aromatic carbocycles. The highest BCUT2D eigenvalue weighted by molar-refractivity contribution is 7.07. The maximum absolute atomic E-state index is 11.8. The maximum atomic E-state index is 11.8. The van der Waals surface area contributed by atoms with Crippen molar-refractivity contribution in [1.82, 2.24) is 15.4 Å². The summed E-state index contributed by atoms with van der Waals surface area (Å²) >= 11 is 6.77. The molecule has 26 heavy (non-hydrogen) atoms. The summed E-state index contributed by atoms with van der Waals surface area (Å²) in [5.74, 6) is -1.85. The first-order chi connectivity index (χ1) is 12.4. The van der Waals surface area contributed by atoms with Crippen LogP contribution < -0.4 is 15.7 Å². The number of rotatable bonds is 6. The van der Waals surface area contributed by atoms with Crippen LogP contribution in [0, 0.1) is 6.92 Å². The minimum absolute atomic E-state index is 0.0398. The lowest BCUT2D eigenvalue weighted by Gasteiger charge is -2.08. The van der Waals surface area contributed by atoms with E-state index >= 15 is 0 Å². The van der Waals surface area contributed by atoms with Gasteiger partial charge >= 0.3 is 10.8 Å². The molecule has 0 aliphatic carbocycles. The molecule has 10 heteroatoms. The van der Waals surface area contributed by atoms with Crippen molar-refractivity contribution < 1.29 is 19.1 Å². The average Bonchev–Trinajstić information content (AvgIpc) is 2.94. The number of esters is 1. The van der Waals surface area contributed by atoms with Crippen molar-refractivity contribution in [3.63, 3.8) is 0 Å². The number of nitrogens with one attached hydrogen (secondary N) is 2. The molecule has 1 aromatic heterocycles. The molecule has 0 unspecified atom stereocenters. The van der Waals surface area contributed by atoms with Crippen molar-refractivity contribution in [1.29, 1.82) is 0 Å². The summed E-state index contributed by atoms with van der Waals surface area (Å²) in [6.07, 6.45) is -0.0398. The van der Waals surface area contributed by atoms with E-state index in [0.29, 0.717) is 10.6 Å². The zero-order chi connectivity index (χ0) is 19.1. The number of aryl methyl sites for hydroxylation is 1. The van der Waals surface area contributed by atoms with E-state index in [1.54, 1.807) is 24.4 Å². The smallest absolute Gasteiger partial charge is 0.308 e. The van der Waals surface area contributed by atoms with Gasteiger partial charge in [0.15, 0.2) is 6.61 Å². The third kappa shape index (κ3) is 5.71. The van der Waals surface area contributed by atoms with Crippen LogP contribution in [0.4, 0.5) is 0 Å². The lowest BCUT2D eigenvalue weighted by atomic mass is 10.2. The Morgan fingerprint density at radius 3 is 2.50 bits per heavy atom. The van der Waals surface area contributed by atoms with E-state index in [9.17, 15) is 19.2 Å². The van der Waals surface area contributed by atoms with Crippen LogP contribution in [0.1, 0.15) is 22.5 Å². The Labute approximate surface area is 157 Å². The van der Waals surface area contributed by atoms with E-state index in [1.165, 1.54) is 16.7 Å². The fourth-order valence-electron chi connectivity index (χ4n) is 1.93. The molecule has 0 bridgehead atoms. The topological polar surface area (TPSA) is 106 Å². The van der Waals surface area contributed by atoms with Gasteiger partial charge in [-0.2, -0.15) is 0 Å². The second kappa shape index (κ2) is 9.16. The van der Waals surface area contributed by atoms with Crippen molar-refractivity contribution in [2.24, 2.45) is 0 Å². The van der Waals surface area contributed by atoms with Crippen molar-refractivity contribution >= 4 is 40.7 Å². The van der Waals surface area contributed by atoms with Crippen LogP contribution in [0.15, 0.2) is 34.4 Å². The quantitative estimate of drug-likeness (QED) is 0.564. The number of aromatic nitrogens is 1. The van der Waals surface area contributed by atoms with E-state index in [2.05, 4.69) is 10.9 Å². The second-order valence-corrected chi connectivity index (χ2v) is 6.47. The Hall–Kier alpha value is -2.65. The molecule has 2 rings (SSSR count). The number of hydrazine groups is 1. The third-order valence-corrected chi connectivity index (χ3v) is 4.44. The van der Waals surface area contributed by atoms with Crippen LogP contribution in [-0.4, -0.2) is 29.0 Å². The highest BCUT2D eigenvalue weighted by Crippen LogP contribution is 2.09. The Balaban J connectivity index is 1.69. The highest BCUT2D eigenvalue weighted by atomic mass is 35.5. The monoisotopic (exact) mass is 397 g/mol. The molecule has 0 fully saturated rings. The predicted octanol–water partition coefficient (Wildman–Crippen LogP) is 1.27. The summed E-state index contributed by atoms with van der Waals surface area (Å²) < 4.78 is 6.26. The number of nitrogens with zero attached hydrogens (tertiary/aromatic N) is 1. The van der Waals surface area contributed by atoms with Gasteiger partial charge in [-0.05, 0) is 31.2 Å². The maximum Gasteiger partial charge on any atom is 0.308 e. The van der Waals surface area contributed by atoms with Gasteiger partial charge in [0.1, 0.15) is 0 Å². The van der Waals surface area contributed by atoms with Gasteiger partial charge in [0.2, 0.25) is 0 Å². The van der Waals surface area contributed by atoms with Crippen molar-refractivity contribution in [3.05, 3.63) is 55.6 Å². The van der Waals surface area contributed by atoms with Gasteiger partial charge in [-0.25, -0.2) is 0 Å². The van der Waals surface area contributed by atoms with Gasteiger partial charge in [0, 0.05) is 28.2 Å². The summed E-state index contributed by atoms with van der Waals surface area (Å²) in [5.41, 5.74) is 5.40. The number of hydrogen-bond acceptors (Lipinski definition) is 6. The van der Waals surface area contributed by atoms with Gasteiger partial charge in [0.25, 0.3) is 11.8 Å². The molecular weight excluding hydrogens is 382 g/mol. The highest BCUT2D eigenvalue weighted by Gasteiger charge is 2.11. The number of carbonyl (C=O) groups is 3. The minimum Gasteiger partial charge on any atom is -0.455 e. The molecule has 0 saturated carbocycles. The van der Waals surface area contributed by atoms with E-state index in [4.69, 9.17) is 16.3 Å². The first-order valence-electron chi connectivity index (χ1n) is 7.52. The number of thiazole rings is 1. The van der Waals surface area contributed by atoms with E-state index in [-0.39, 0.29) is 17.8 Å². The lowest BCUT2D eigenvalue weighted by Crippen LogP contribution is -2.43. The van der Waals surface area contributed by atoms with Gasteiger partial charge in [-0.1, -0.05) is 22.9 Å². The van der Waals surface area contributed by atoms with Gasteiger partial charge in [-0.15, -0.1) is 0 Å². The van der Waals surface area contributed by atoms with Crippen LogP contribution in [0.2, 0.25) is 5.02 Å². The number of ether oxygens (including phenoxy) is 1. The Kier molecular flexibility index (Phi) is 6.93. The zero-order valence-corrected chi connectivity index (χ0v) is 15.4. The third-order valence-electron chi connectivity index (χ3n) is 3.30. The average molecular weight is 398 g/mol. The van der Waals surface area contributed by atoms with E-state index < -0.39 is 24.4 Å². The largest absolute Gasteiger partial charge is 0.455 e. The van der Waals surface area contributed by atoms with E-state index in [0.717, 1.165) is 17.0 Å². The Morgan fingerprint density at radius 2 is 1.88 bits per heavy atom. The van der Waals surface area contributed by atoms with Gasteiger partial charge < -0.3 is 9.30 Å². The van der Waals surface area contributed by atoms with Crippen molar-refractivity contribution in [2.75, 3.05) is 6.61 Å². The summed E-state index contributed by atoms with van der Waals surface area (Å²) in [6, 6.07) is 6.08. The first kappa shape index (κ1) is 19.7. The van der Waals surface area contributed by atoms with Crippen molar-refractivity contribution in [2.45, 2.75) is 19.9 Å². The molecule has 2 aromatic rings. The first-order valence-corrected chi connectivity index (χ1v) is 8.78. The molecule has 0 spiro atoms. The minimum atomic E-state index is -0.690. The van der Waals surface area contributed by atoms with Crippen LogP contribution in [0.3, 0.4) is 0 Å². The summed E-state index contributed by atoms with van der Waals surface area (Å²) in [7, 11) is 0. The lowest BCUT2D eigenvalue weighted by molar-refractivity contribution is -0.148. The number of amides is 2. The molecule has 0 saturated heterocycles. The number of halogens is 1. The molecular formula is C16H16ClN3O5S. The molecule has 0 atom stereocenters. The van der Waals surface area contributed by atoms with E-state index in [1.807, 2.05) is 0 Å².